The van der Waals surface area contributed by atoms with Crippen molar-refractivity contribution in [2.75, 3.05) is 12.3 Å². The topological polar surface area (TPSA) is 127 Å². The molecule has 2 unspecified atom stereocenters. The van der Waals surface area contributed by atoms with E-state index in [-0.39, 0.29) is 53.9 Å². The maximum absolute atomic E-state index is 14.0. The van der Waals surface area contributed by atoms with Crippen LogP contribution in [0.15, 0.2) is 24.5 Å². The lowest BCUT2D eigenvalue weighted by atomic mass is 9.82. The summed E-state index contributed by atoms with van der Waals surface area (Å²) < 4.78 is 40.7. The molecule has 2 aromatic rings. The van der Waals surface area contributed by atoms with Crippen LogP contribution in [0.5, 0.6) is 0 Å². The van der Waals surface area contributed by atoms with Gasteiger partial charge in [0.2, 0.25) is 11.9 Å². The van der Waals surface area contributed by atoms with Gasteiger partial charge in [-0.15, -0.1) is 0 Å². The molecule has 2 aliphatic rings. The largest absolute Gasteiger partial charge is 0.368 e. The zero-order chi connectivity index (χ0) is 23.7. The van der Waals surface area contributed by atoms with E-state index < -0.39 is 29.4 Å². The fourth-order valence-electron chi connectivity index (χ4n) is 4.92. The molecule has 2 aliphatic heterocycles. The van der Waals surface area contributed by atoms with Crippen molar-refractivity contribution in [2.24, 2.45) is 11.7 Å². The first kappa shape index (κ1) is 23.0. The molecular weight excluding hydrogens is 437 g/mol. The number of aromatic nitrogens is 2. The van der Waals surface area contributed by atoms with Gasteiger partial charge in [0.05, 0.1) is 12.1 Å². The number of carbonyl (C=O) groups is 2. The Morgan fingerprint density at radius 3 is 2.30 bits per heavy atom. The fraction of sp³-hybridized carbons (Fsp3) is 0.455. The third-order valence-corrected chi connectivity index (χ3v) is 6.54. The van der Waals surface area contributed by atoms with E-state index in [1.54, 1.807) is 4.90 Å². The summed E-state index contributed by atoms with van der Waals surface area (Å²) in [6.07, 6.45) is 5.56. The van der Waals surface area contributed by atoms with Gasteiger partial charge in [-0.25, -0.2) is 23.1 Å². The number of hydrogen-bond donors (Lipinski definition) is 3. The molecule has 3 heterocycles. The molecule has 2 bridgehead atoms. The van der Waals surface area contributed by atoms with Crippen LogP contribution in [0.25, 0.3) is 0 Å². The summed E-state index contributed by atoms with van der Waals surface area (Å²) in [7, 11) is 0. The average molecular weight is 462 g/mol. The predicted octanol–water partition coefficient (Wildman–Crippen LogP) is 1.55. The first-order valence-electron chi connectivity index (χ1n) is 10.8. The van der Waals surface area contributed by atoms with Gasteiger partial charge in [0, 0.05) is 36.6 Å². The van der Waals surface area contributed by atoms with Crippen molar-refractivity contribution in [1.82, 2.24) is 20.2 Å². The van der Waals surface area contributed by atoms with E-state index in [0.717, 1.165) is 18.9 Å². The number of carbonyl (C=O) groups excluding carboxylic acids is 2. The SMILES string of the molecule is Nc1ncc(C(=O)NCC(=O)N2C3CCC2CC([C@H](N)Cc2cc(F)c(F)cc2F)C3)cn1. The molecule has 2 fully saturated rings. The number of halogens is 3. The van der Waals surface area contributed by atoms with E-state index in [1.165, 1.54) is 12.4 Å². The molecular formula is C22H25F3N6O2. The number of nitrogen functional groups attached to an aromatic ring is 1. The lowest BCUT2D eigenvalue weighted by Crippen LogP contribution is -2.52. The molecule has 11 heteroatoms. The second-order valence-corrected chi connectivity index (χ2v) is 8.66. The number of nitrogens with one attached hydrogen (secondary N) is 1. The van der Waals surface area contributed by atoms with Gasteiger partial charge in [-0.2, -0.15) is 0 Å². The molecule has 1 aromatic heterocycles. The summed E-state index contributed by atoms with van der Waals surface area (Å²) in [5.41, 5.74) is 12.0. The maximum atomic E-state index is 14.0. The minimum absolute atomic E-state index is 0.0144. The highest BCUT2D eigenvalue weighted by molar-refractivity contribution is 5.96. The van der Waals surface area contributed by atoms with Crippen LogP contribution < -0.4 is 16.8 Å². The van der Waals surface area contributed by atoms with E-state index >= 15 is 0 Å². The van der Waals surface area contributed by atoms with Crippen molar-refractivity contribution < 1.29 is 22.8 Å². The smallest absolute Gasteiger partial charge is 0.254 e. The monoisotopic (exact) mass is 462 g/mol. The normalized spacial score (nSPS) is 22.8. The van der Waals surface area contributed by atoms with Crippen LogP contribution in [0.2, 0.25) is 0 Å². The predicted molar refractivity (Wildman–Crippen MR) is 113 cm³/mol. The minimum atomic E-state index is -1.23. The molecule has 2 saturated heterocycles. The first-order valence-corrected chi connectivity index (χ1v) is 10.8. The van der Waals surface area contributed by atoms with Gasteiger partial charge < -0.3 is 21.7 Å². The summed E-state index contributed by atoms with van der Waals surface area (Å²) >= 11 is 0. The number of anilines is 1. The quantitative estimate of drug-likeness (QED) is 0.559. The fourth-order valence-corrected chi connectivity index (χ4v) is 4.92. The van der Waals surface area contributed by atoms with Crippen LogP contribution in [0.3, 0.4) is 0 Å². The summed E-state index contributed by atoms with van der Waals surface area (Å²) in [5.74, 6) is -3.75. The molecule has 8 nitrogen and oxygen atoms in total. The van der Waals surface area contributed by atoms with Gasteiger partial charge in [-0.05, 0) is 49.7 Å². The van der Waals surface area contributed by atoms with Gasteiger partial charge in [-0.3, -0.25) is 9.59 Å². The van der Waals surface area contributed by atoms with E-state index in [2.05, 4.69) is 15.3 Å². The molecule has 4 rings (SSSR count). The zero-order valence-corrected chi connectivity index (χ0v) is 17.8. The van der Waals surface area contributed by atoms with Crippen molar-refractivity contribution in [2.45, 2.75) is 50.2 Å². The summed E-state index contributed by atoms with van der Waals surface area (Å²) in [5, 5.41) is 2.58. The molecule has 0 radical (unpaired) electrons. The lowest BCUT2D eigenvalue weighted by Gasteiger charge is -2.41. The number of nitrogens with zero attached hydrogens (tertiary/aromatic N) is 3. The molecule has 3 atom stereocenters. The van der Waals surface area contributed by atoms with E-state index in [4.69, 9.17) is 11.5 Å². The molecule has 2 amide bonds. The number of benzene rings is 1. The molecule has 176 valence electrons. The molecule has 0 spiro atoms. The summed E-state index contributed by atoms with van der Waals surface area (Å²) in [6.45, 7) is -0.160. The van der Waals surface area contributed by atoms with Gasteiger partial charge in [0.1, 0.15) is 5.82 Å². The Balaban J connectivity index is 1.34. The first-order chi connectivity index (χ1) is 15.7. The second kappa shape index (κ2) is 9.34. The van der Waals surface area contributed by atoms with Gasteiger partial charge in [-0.1, -0.05) is 0 Å². The number of piperidine rings is 1. The highest BCUT2D eigenvalue weighted by Gasteiger charge is 2.44. The third kappa shape index (κ3) is 4.92. The van der Waals surface area contributed by atoms with Gasteiger partial charge in [0.25, 0.3) is 5.91 Å². The zero-order valence-electron chi connectivity index (χ0n) is 17.8. The van der Waals surface area contributed by atoms with Crippen molar-refractivity contribution in [3.63, 3.8) is 0 Å². The second-order valence-electron chi connectivity index (χ2n) is 8.66. The third-order valence-electron chi connectivity index (χ3n) is 6.54. The number of hydrogen-bond acceptors (Lipinski definition) is 6. The number of amides is 2. The highest BCUT2D eigenvalue weighted by Crippen LogP contribution is 2.40. The maximum Gasteiger partial charge on any atom is 0.254 e. The lowest BCUT2D eigenvalue weighted by molar-refractivity contribution is -0.135. The highest BCUT2D eigenvalue weighted by atomic mass is 19.2. The number of fused-ring (bicyclic) bond motifs is 2. The minimum Gasteiger partial charge on any atom is -0.368 e. The molecule has 0 saturated carbocycles. The standard InChI is InChI=1S/C22H25F3N6O2/c23-16-7-18(25)17(24)5-11(16)6-19(26)12-3-14-1-2-15(4-12)31(14)20(32)10-28-21(33)13-8-29-22(27)30-9-13/h5,7-9,12,14-15,19H,1-4,6,10,26H2,(H,28,33)(H2,27,29,30)/t12?,14?,15?,19-/m1/s1. The summed E-state index contributed by atoms with van der Waals surface area (Å²) in [6, 6.07) is 0.882. The Kier molecular flexibility index (Phi) is 6.50. The van der Waals surface area contributed by atoms with Crippen molar-refractivity contribution in [3.05, 3.63) is 53.1 Å². The van der Waals surface area contributed by atoms with E-state index in [1.807, 2.05) is 0 Å². The molecule has 1 aromatic carbocycles. The molecule has 0 aliphatic carbocycles. The average Bonchev–Trinajstić information content (AvgIpc) is 3.05. The van der Waals surface area contributed by atoms with Crippen molar-refractivity contribution in [1.29, 1.82) is 0 Å². The van der Waals surface area contributed by atoms with Crippen LogP contribution in [-0.4, -0.2) is 51.4 Å². The number of rotatable bonds is 6. The van der Waals surface area contributed by atoms with Crippen LogP contribution in [0.4, 0.5) is 19.1 Å². The van der Waals surface area contributed by atoms with Crippen LogP contribution in [-0.2, 0) is 11.2 Å². The van der Waals surface area contributed by atoms with Crippen LogP contribution in [0, 0.1) is 23.4 Å². The van der Waals surface area contributed by atoms with Gasteiger partial charge in [0.15, 0.2) is 11.6 Å². The number of nitrogens with two attached hydrogens (primary N) is 2. The van der Waals surface area contributed by atoms with E-state index in [9.17, 15) is 22.8 Å². The molecule has 33 heavy (non-hydrogen) atoms. The van der Waals surface area contributed by atoms with Gasteiger partial charge >= 0.3 is 0 Å². The molecule has 5 N–H and O–H groups in total. The van der Waals surface area contributed by atoms with E-state index in [0.29, 0.717) is 18.9 Å². The Hall–Kier alpha value is -3.21. The summed E-state index contributed by atoms with van der Waals surface area (Å²) in [4.78, 5) is 34.4. The van der Waals surface area contributed by atoms with Crippen molar-refractivity contribution >= 4 is 17.8 Å². The Morgan fingerprint density at radius 2 is 1.67 bits per heavy atom. The Labute approximate surface area is 188 Å². The Morgan fingerprint density at radius 1 is 1.06 bits per heavy atom. The van der Waals surface area contributed by atoms with Crippen LogP contribution >= 0.6 is 0 Å². The Bertz CT molecular complexity index is 1040. The van der Waals surface area contributed by atoms with Crippen LogP contribution in [0.1, 0.15) is 41.6 Å². The van der Waals surface area contributed by atoms with Crippen molar-refractivity contribution in [3.8, 4) is 0 Å².